The minimum Gasteiger partial charge on any atom is -0.508 e. The second-order valence-corrected chi connectivity index (χ2v) is 9.23. The van der Waals surface area contributed by atoms with Crippen LogP contribution in [0.25, 0.3) is 0 Å². The number of ether oxygens (including phenoxy) is 1. The van der Waals surface area contributed by atoms with Crippen LogP contribution in [0.2, 0.25) is 0 Å². The fourth-order valence-electron chi connectivity index (χ4n) is 5.35. The first kappa shape index (κ1) is 21.9. The maximum Gasteiger partial charge on any atom is 0.130 e. The lowest BCUT2D eigenvalue weighted by Crippen LogP contribution is -2.49. The van der Waals surface area contributed by atoms with Crippen LogP contribution in [0.4, 0.5) is 8.78 Å². The molecule has 2 atom stereocenters. The SMILES string of the molecule is Oc1ccc2c(c1)CCC(c1ccccc1)C2c1ccc(OCCN2CC(CF)C2)cc1F. The molecule has 1 aliphatic heterocycles. The third-order valence-electron chi connectivity index (χ3n) is 7.05. The molecule has 1 aliphatic carbocycles. The van der Waals surface area contributed by atoms with Crippen molar-refractivity contribution < 1.29 is 18.6 Å². The van der Waals surface area contributed by atoms with Crippen molar-refractivity contribution in [2.45, 2.75) is 24.7 Å². The molecule has 1 saturated heterocycles. The van der Waals surface area contributed by atoms with Gasteiger partial charge in [-0.05, 0) is 59.2 Å². The van der Waals surface area contributed by atoms with Crippen LogP contribution in [0, 0.1) is 11.7 Å². The Balaban J connectivity index is 1.38. The van der Waals surface area contributed by atoms with E-state index in [1.165, 1.54) is 11.6 Å². The molecule has 0 amide bonds. The van der Waals surface area contributed by atoms with Gasteiger partial charge in [-0.2, -0.15) is 0 Å². The second-order valence-electron chi connectivity index (χ2n) is 9.23. The molecule has 1 fully saturated rings. The van der Waals surface area contributed by atoms with Crippen LogP contribution < -0.4 is 4.74 Å². The van der Waals surface area contributed by atoms with Crippen molar-refractivity contribution >= 4 is 0 Å². The minimum absolute atomic E-state index is 0.135. The molecule has 0 radical (unpaired) electrons. The van der Waals surface area contributed by atoms with Crippen LogP contribution in [0.1, 0.15) is 40.5 Å². The van der Waals surface area contributed by atoms with E-state index in [4.69, 9.17) is 4.74 Å². The number of benzene rings is 3. The smallest absolute Gasteiger partial charge is 0.130 e. The number of aryl methyl sites for hydroxylation is 1. The number of phenolic OH excluding ortho intramolecular Hbond substituents is 1. The molecule has 33 heavy (non-hydrogen) atoms. The number of nitrogens with zero attached hydrogens (tertiary/aromatic N) is 1. The van der Waals surface area contributed by atoms with Gasteiger partial charge < -0.3 is 9.84 Å². The fraction of sp³-hybridized carbons (Fsp3) is 0.357. The molecule has 1 heterocycles. The standard InChI is InChI=1S/C28H29F2NO2/c29-16-19-17-31(18-19)12-13-33-23-8-11-26(27(30)15-23)28-24(20-4-2-1-3-5-20)9-6-21-14-22(32)7-10-25(21)28/h1-5,7-8,10-11,14-15,19,24,28,32H,6,9,12-13,16-18H2. The molecule has 0 aromatic heterocycles. The Morgan fingerprint density at radius 2 is 1.76 bits per heavy atom. The summed E-state index contributed by atoms with van der Waals surface area (Å²) in [5.41, 5.74) is 3.99. The van der Waals surface area contributed by atoms with E-state index in [1.807, 2.05) is 42.5 Å². The number of alkyl halides is 1. The molecule has 0 spiro atoms. The highest BCUT2D eigenvalue weighted by Gasteiger charge is 2.34. The molecule has 2 aliphatic rings. The zero-order chi connectivity index (χ0) is 22.8. The van der Waals surface area contributed by atoms with Crippen molar-refractivity contribution in [3.05, 3.63) is 94.8 Å². The lowest BCUT2D eigenvalue weighted by Gasteiger charge is -2.37. The van der Waals surface area contributed by atoms with Crippen molar-refractivity contribution in [3.63, 3.8) is 0 Å². The molecule has 5 heteroatoms. The molecule has 0 saturated carbocycles. The zero-order valence-corrected chi connectivity index (χ0v) is 18.6. The van der Waals surface area contributed by atoms with Gasteiger partial charge in [-0.25, -0.2) is 4.39 Å². The van der Waals surface area contributed by atoms with E-state index < -0.39 is 0 Å². The van der Waals surface area contributed by atoms with Gasteiger partial charge in [0.2, 0.25) is 0 Å². The van der Waals surface area contributed by atoms with Gasteiger partial charge in [0.1, 0.15) is 23.9 Å². The van der Waals surface area contributed by atoms with Gasteiger partial charge in [0.25, 0.3) is 0 Å². The Morgan fingerprint density at radius 3 is 2.52 bits per heavy atom. The van der Waals surface area contributed by atoms with E-state index >= 15 is 4.39 Å². The fourth-order valence-corrected chi connectivity index (χ4v) is 5.35. The summed E-state index contributed by atoms with van der Waals surface area (Å²) < 4.78 is 33.8. The first-order valence-corrected chi connectivity index (χ1v) is 11.7. The van der Waals surface area contributed by atoms with Crippen LogP contribution in [0.15, 0.2) is 66.7 Å². The number of aromatic hydroxyl groups is 1. The third-order valence-corrected chi connectivity index (χ3v) is 7.05. The lowest BCUT2D eigenvalue weighted by atomic mass is 9.69. The van der Waals surface area contributed by atoms with Crippen molar-refractivity contribution in [1.29, 1.82) is 0 Å². The summed E-state index contributed by atoms with van der Waals surface area (Å²) in [5, 5.41) is 9.98. The third kappa shape index (κ3) is 4.60. The van der Waals surface area contributed by atoms with Crippen molar-refractivity contribution in [1.82, 2.24) is 4.90 Å². The molecule has 3 aromatic carbocycles. The quantitative estimate of drug-likeness (QED) is 0.504. The van der Waals surface area contributed by atoms with Crippen LogP contribution in [0.5, 0.6) is 11.5 Å². The van der Waals surface area contributed by atoms with E-state index in [1.54, 1.807) is 6.07 Å². The summed E-state index contributed by atoms with van der Waals surface area (Å²) in [4.78, 5) is 2.15. The Hall–Kier alpha value is -2.92. The van der Waals surface area contributed by atoms with Crippen molar-refractivity contribution in [3.8, 4) is 11.5 Å². The van der Waals surface area contributed by atoms with Crippen molar-refractivity contribution in [2.75, 3.05) is 32.9 Å². The molecule has 3 aromatic rings. The second kappa shape index (κ2) is 9.52. The number of halogens is 2. The highest BCUT2D eigenvalue weighted by atomic mass is 19.1. The van der Waals surface area contributed by atoms with E-state index in [9.17, 15) is 9.50 Å². The number of likely N-dealkylation sites (tertiary alicyclic amines) is 1. The normalized spacial score (nSPS) is 20.8. The first-order valence-electron chi connectivity index (χ1n) is 11.7. The predicted molar refractivity (Wildman–Crippen MR) is 125 cm³/mol. The Labute approximate surface area is 193 Å². The Kier molecular flexibility index (Phi) is 6.32. The largest absolute Gasteiger partial charge is 0.508 e. The summed E-state index contributed by atoms with van der Waals surface area (Å²) in [5.74, 6) is 0.649. The first-order chi connectivity index (χ1) is 16.1. The lowest BCUT2D eigenvalue weighted by molar-refractivity contribution is 0.0668. The monoisotopic (exact) mass is 449 g/mol. The molecule has 0 bridgehead atoms. The van der Waals surface area contributed by atoms with Crippen LogP contribution in [-0.4, -0.2) is 42.9 Å². The molecule has 172 valence electrons. The maximum absolute atomic E-state index is 15.5. The zero-order valence-electron chi connectivity index (χ0n) is 18.6. The number of hydrogen-bond acceptors (Lipinski definition) is 3. The Bertz CT molecular complexity index is 1100. The van der Waals surface area contributed by atoms with Gasteiger partial charge in [-0.15, -0.1) is 0 Å². The average Bonchev–Trinajstić information content (AvgIpc) is 2.80. The van der Waals surface area contributed by atoms with E-state index in [0.717, 1.165) is 43.6 Å². The van der Waals surface area contributed by atoms with Crippen LogP contribution in [0.3, 0.4) is 0 Å². The number of rotatable bonds is 7. The predicted octanol–water partition coefficient (Wildman–Crippen LogP) is 5.67. The number of hydrogen-bond donors (Lipinski definition) is 1. The van der Waals surface area contributed by atoms with Crippen LogP contribution in [-0.2, 0) is 6.42 Å². The summed E-state index contributed by atoms with van der Waals surface area (Å²) >= 11 is 0. The number of fused-ring (bicyclic) bond motifs is 1. The Morgan fingerprint density at radius 1 is 0.970 bits per heavy atom. The molecular weight excluding hydrogens is 420 g/mol. The molecule has 5 rings (SSSR count). The summed E-state index contributed by atoms with van der Waals surface area (Å²) in [6, 6.07) is 20.9. The highest BCUT2D eigenvalue weighted by molar-refractivity contribution is 5.48. The average molecular weight is 450 g/mol. The topological polar surface area (TPSA) is 32.7 Å². The van der Waals surface area contributed by atoms with Gasteiger partial charge in [0, 0.05) is 37.5 Å². The highest BCUT2D eigenvalue weighted by Crippen LogP contribution is 2.47. The van der Waals surface area contributed by atoms with Crippen LogP contribution >= 0.6 is 0 Å². The molecule has 1 N–H and O–H groups in total. The summed E-state index contributed by atoms with van der Waals surface area (Å²) in [6.45, 7) is 2.44. The summed E-state index contributed by atoms with van der Waals surface area (Å²) in [6.07, 6.45) is 1.74. The van der Waals surface area contributed by atoms with E-state index in [2.05, 4.69) is 17.0 Å². The summed E-state index contributed by atoms with van der Waals surface area (Å²) in [7, 11) is 0. The van der Waals surface area contributed by atoms with Gasteiger partial charge in [0.05, 0.1) is 6.67 Å². The molecule has 2 unspecified atom stereocenters. The van der Waals surface area contributed by atoms with Gasteiger partial charge in [-0.1, -0.05) is 42.5 Å². The number of phenols is 1. The van der Waals surface area contributed by atoms with E-state index in [-0.39, 0.29) is 36.0 Å². The van der Waals surface area contributed by atoms with Gasteiger partial charge >= 0.3 is 0 Å². The van der Waals surface area contributed by atoms with E-state index in [0.29, 0.717) is 17.9 Å². The molecular formula is C28H29F2NO2. The minimum atomic E-state index is -0.277. The maximum atomic E-state index is 15.5. The van der Waals surface area contributed by atoms with Gasteiger partial charge in [0.15, 0.2) is 0 Å². The molecule has 3 nitrogen and oxygen atoms in total. The van der Waals surface area contributed by atoms with Gasteiger partial charge in [-0.3, -0.25) is 9.29 Å². The van der Waals surface area contributed by atoms with Crippen molar-refractivity contribution in [2.24, 2.45) is 5.92 Å².